The van der Waals surface area contributed by atoms with Crippen LogP contribution in [0.1, 0.15) is 38.8 Å². The van der Waals surface area contributed by atoms with Crippen molar-refractivity contribution in [2.24, 2.45) is 5.92 Å². The Morgan fingerprint density at radius 2 is 2.10 bits per heavy atom. The van der Waals surface area contributed by atoms with Gasteiger partial charge in [0.25, 0.3) is 0 Å². The van der Waals surface area contributed by atoms with Crippen molar-refractivity contribution in [1.82, 2.24) is 20.0 Å². The molecule has 20 heavy (non-hydrogen) atoms. The largest absolute Gasteiger partial charge is 0.316 e. The van der Waals surface area contributed by atoms with Crippen molar-refractivity contribution in [3.63, 3.8) is 0 Å². The van der Waals surface area contributed by atoms with Crippen LogP contribution in [0.15, 0.2) is 10.7 Å². The van der Waals surface area contributed by atoms with Crippen LogP contribution >= 0.6 is 15.9 Å². The van der Waals surface area contributed by atoms with Crippen LogP contribution in [0.5, 0.6) is 0 Å². The van der Waals surface area contributed by atoms with E-state index in [1.54, 1.807) is 0 Å². The molecule has 1 rings (SSSR count). The molecule has 0 amide bonds. The maximum absolute atomic E-state index is 4.51. The molecule has 0 bridgehead atoms. The van der Waals surface area contributed by atoms with Gasteiger partial charge in [-0.15, -0.1) is 0 Å². The Morgan fingerprint density at radius 1 is 1.40 bits per heavy atom. The number of nitrogens with one attached hydrogen (secondary N) is 1. The molecule has 0 spiro atoms. The van der Waals surface area contributed by atoms with Gasteiger partial charge in [0, 0.05) is 12.5 Å². The van der Waals surface area contributed by atoms with E-state index in [4.69, 9.17) is 0 Å². The summed E-state index contributed by atoms with van der Waals surface area (Å²) in [5, 5.41) is 8.02. The highest BCUT2D eigenvalue weighted by atomic mass is 79.9. The molecule has 0 aromatic carbocycles. The molecule has 0 radical (unpaired) electrons. The van der Waals surface area contributed by atoms with E-state index in [9.17, 15) is 0 Å². The minimum absolute atomic E-state index is 0.485. The molecule has 1 aromatic rings. The van der Waals surface area contributed by atoms with Crippen LogP contribution in [0.2, 0.25) is 0 Å². The zero-order valence-electron chi connectivity index (χ0n) is 13.5. The summed E-state index contributed by atoms with van der Waals surface area (Å²) in [4.78, 5) is 2.19. The van der Waals surface area contributed by atoms with Gasteiger partial charge in [-0.05, 0) is 55.5 Å². The first-order chi connectivity index (χ1) is 9.47. The lowest BCUT2D eigenvalue weighted by atomic mass is 9.92. The average molecular weight is 345 g/mol. The first-order valence-corrected chi connectivity index (χ1v) is 8.33. The summed E-state index contributed by atoms with van der Waals surface area (Å²) in [7, 11) is 4.19. The molecule has 1 heterocycles. The Balaban J connectivity index is 2.70. The monoisotopic (exact) mass is 344 g/mol. The molecule has 0 aliphatic carbocycles. The molecule has 0 aliphatic rings. The topological polar surface area (TPSA) is 33.1 Å². The maximum Gasteiger partial charge on any atom is 0.0635 e. The van der Waals surface area contributed by atoms with E-state index in [0.29, 0.717) is 11.8 Å². The Bertz CT molecular complexity index is 389. The van der Waals surface area contributed by atoms with Crippen molar-refractivity contribution < 1.29 is 0 Å². The van der Waals surface area contributed by atoms with Crippen molar-refractivity contribution in [2.75, 3.05) is 33.7 Å². The van der Waals surface area contributed by atoms with E-state index in [2.05, 4.69) is 70.8 Å². The number of hydrogen-bond donors (Lipinski definition) is 1. The molecule has 0 saturated heterocycles. The first kappa shape index (κ1) is 17.7. The molecule has 4 nitrogen and oxygen atoms in total. The number of halogens is 1. The van der Waals surface area contributed by atoms with Crippen molar-refractivity contribution in [1.29, 1.82) is 0 Å². The Labute approximate surface area is 132 Å². The van der Waals surface area contributed by atoms with E-state index in [0.717, 1.165) is 30.7 Å². The van der Waals surface area contributed by atoms with Gasteiger partial charge < -0.3 is 10.2 Å². The molecule has 0 saturated carbocycles. The standard InChI is InChI=1S/C15H29BrN4/c1-6-7-17-10-12(2)13(3)15-14(16)11-18-20(15)9-8-19(4)5/h11-13,17H,6-10H2,1-5H3. The van der Waals surface area contributed by atoms with E-state index in [1.807, 2.05) is 6.20 Å². The minimum atomic E-state index is 0.485. The zero-order chi connectivity index (χ0) is 15.1. The number of rotatable bonds is 9. The summed E-state index contributed by atoms with van der Waals surface area (Å²) in [5.41, 5.74) is 1.32. The summed E-state index contributed by atoms with van der Waals surface area (Å²) >= 11 is 3.66. The van der Waals surface area contributed by atoms with Gasteiger partial charge >= 0.3 is 0 Å². The number of likely N-dealkylation sites (N-methyl/N-ethyl adjacent to an activating group) is 1. The summed E-state index contributed by atoms with van der Waals surface area (Å²) < 4.78 is 3.27. The van der Waals surface area contributed by atoms with Gasteiger partial charge in [0.2, 0.25) is 0 Å². The van der Waals surface area contributed by atoms with Gasteiger partial charge in [0.15, 0.2) is 0 Å². The van der Waals surface area contributed by atoms with E-state index < -0.39 is 0 Å². The van der Waals surface area contributed by atoms with E-state index >= 15 is 0 Å². The van der Waals surface area contributed by atoms with Gasteiger partial charge in [0.1, 0.15) is 0 Å². The van der Waals surface area contributed by atoms with Crippen molar-refractivity contribution in [3.8, 4) is 0 Å². The third-order valence-electron chi connectivity index (χ3n) is 3.77. The molecular weight excluding hydrogens is 316 g/mol. The second kappa shape index (κ2) is 8.80. The van der Waals surface area contributed by atoms with Crippen LogP contribution in [0.4, 0.5) is 0 Å². The number of nitrogens with zero attached hydrogens (tertiary/aromatic N) is 3. The van der Waals surface area contributed by atoms with Crippen molar-refractivity contribution >= 4 is 15.9 Å². The summed E-state index contributed by atoms with van der Waals surface area (Å²) in [6.45, 7) is 10.9. The molecule has 116 valence electrons. The van der Waals surface area contributed by atoms with Crippen molar-refractivity contribution in [2.45, 2.75) is 39.7 Å². The highest BCUT2D eigenvalue weighted by molar-refractivity contribution is 9.10. The van der Waals surface area contributed by atoms with Crippen LogP contribution in [0.25, 0.3) is 0 Å². The fourth-order valence-electron chi connectivity index (χ4n) is 2.25. The highest BCUT2D eigenvalue weighted by Crippen LogP contribution is 2.30. The Morgan fingerprint density at radius 3 is 2.70 bits per heavy atom. The van der Waals surface area contributed by atoms with E-state index in [-0.39, 0.29) is 0 Å². The predicted molar refractivity (Wildman–Crippen MR) is 89.2 cm³/mol. The van der Waals surface area contributed by atoms with Crippen LogP contribution in [-0.4, -0.2) is 48.4 Å². The molecular formula is C15H29BrN4. The van der Waals surface area contributed by atoms with Gasteiger partial charge in [0.05, 0.1) is 22.9 Å². The van der Waals surface area contributed by atoms with Crippen LogP contribution in [-0.2, 0) is 6.54 Å². The fourth-order valence-corrected chi connectivity index (χ4v) is 2.91. The number of hydrogen-bond acceptors (Lipinski definition) is 3. The predicted octanol–water partition coefficient (Wildman–Crippen LogP) is 2.95. The zero-order valence-corrected chi connectivity index (χ0v) is 15.1. The highest BCUT2D eigenvalue weighted by Gasteiger charge is 2.21. The van der Waals surface area contributed by atoms with Crippen LogP contribution in [0.3, 0.4) is 0 Å². The molecule has 1 N–H and O–H groups in total. The first-order valence-electron chi connectivity index (χ1n) is 7.54. The SMILES string of the molecule is CCCNCC(C)C(C)c1c(Br)cnn1CCN(C)C. The third-order valence-corrected chi connectivity index (χ3v) is 4.38. The summed E-state index contributed by atoms with van der Waals surface area (Å²) in [6.07, 6.45) is 3.11. The van der Waals surface area contributed by atoms with Gasteiger partial charge in [-0.2, -0.15) is 5.10 Å². The Hall–Kier alpha value is -0.390. The average Bonchev–Trinajstić information content (AvgIpc) is 2.76. The lowest BCUT2D eigenvalue weighted by molar-refractivity contribution is 0.357. The molecule has 5 heteroatoms. The minimum Gasteiger partial charge on any atom is -0.316 e. The van der Waals surface area contributed by atoms with Crippen LogP contribution < -0.4 is 5.32 Å². The van der Waals surface area contributed by atoms with E-state index in [1.165, 1.54) is 12.1 Å². The smallest absolute Gasteiger partial charge is 0.0635 e. The van der Waals surface area contributed by atoms with Crippen molar-refractivity contribution in [3.05, 3.63) is 16.4 Å². The molecule has 0 fully saturated rings. The normalized spacial score (nSPS) is 14.8. The third kappa shape index (κ3) is 5.19. The summed E-state index contributed by atoms with van der Waals surface area (Å²) in [5.74, 6) is 1.08. The molecule has 0 aliphatic heterocycles. The second-order valence-corrected chi connectivity index (χ2v) is 6.73. The maximum atomic E-state index is 4.51. The Kier molecular flexibility index (Phi) is 7.77. The van der Waals surface area contributed by atoms with Gasteiger partial charge in [-0.25, -0.2) is 0 Å². The lowest BCUT2D eigenvalue weighted by Crippen LogP contribution is -2.27. The molecule has 2 unspecified atom stereocenters. The van der Waals surface area contributed by atoms with Gasteiger partial charge in [-0.1, -0.05) is 20.8 Å². The fraction of sp³-hybridized carbons (Fsp3) is 0.800. The quantitative estimate of drug-likeness (QED) is 0.699. The van der Waals surface area contributed by atoms with Crippen LogP contribution in [0, 0.1) is 5.92 Å². The second-order valence-electron chi connectivity index (χ2n) is 5.87. The van der Waals surface area contributed by atoms with Gasteiger partial charge in [-0.3, -0.25) is 4.68 Å². The lowest BCUT2D eigenvalue weighted by Gasteiger charge is -2.23. The number of aromatic nitrogens is 2. The summed E-state index contributed by atoms with van der Waals surface area (Å²) in [6, 6.07) is 0. The molecule has 2 atom stereocenters. The molecule has 1 aromatic heterocycles.